The first-order valence-corrected chi connectivity index (χ1v) is 10.1. The van der Waals surface area contributed by atoms with Crippen LogP contribution < -0.4 is 10.6 Å². The van der Waals surface area contributed by atoms with Crippen LogP contribution in [0.5, 0.6) is 0 Å². The number of hydrogen-bond donors (Lipinski definition) is 2. The third-order valence-electron chi connectivity index (χ3n) is 4.81. The maximum absolute atomic E-state index is 12.7. The van der Waals surface area contributed by atoms with Crippen molar-refractivity contribution in [3.63, 3.8) is 0 Å². The predicted octanol–water partition coefficient (Wildman–Crippen LogP) is 3.88. The molecule has 152 valence electrons. The Labute approximate surface area is 180 Å². The predicted molar refractivity (Wildman–Crippen MR) is 115 cm³/mol. The fourth-order valence-corrected chi connectivity index (χ4v) is 3.83. The van der Waals surface area contributed by atoms with Crippen LogP contribution >= 0.6 is 23.2 Å². The summed E-state index contributed by atoms with van der Waals surface area (Å²) in [7, 11) is 1.29. The quantitative estimate of drug-likeness (QED) is 0.679. The third kappa shape index (κ3) is 5.38. The van der Waals surface area contributed by atoms with E-state index in [2.05, 4.69) is 16.7 Å². The van der Waals surface area contributed by atoms with Gasteiger partial charge in [-0.1, -0.05) is 59.6 Å². The van der Waals surface area contributed by atoms with Crippen LogP contribution in [0.15, 0.2) is 48.5 Å². The van der Waals surface area contributed by atoms with Crippen molar-refractivity contribution in [2.75, 3.05) is 20.2 Å². The number of ether oxygens (including phenoxy) is 1. The summed E-state index contributed by atoms with van der Waals surface area (Å²) in [6.07, 6.45) is 3.46. The maximum Gasteiger partial charge on any atom is 0.328 e. The van der Waals surface area contributed by atoms with Crippen molar-refractivity contribution in [1.82, 2.24) is 10.6 Å². The van der Waals surface area contributed by atoms with Gasteiger partial charge in [0.05, 0.1) is 22.7 Å². The number of nitrogens with one attached hydrogen (secondary N) is 2. The van der Waals surface area contributed by atoms with Crippen LogP contribution in [0.2, 0.25) is 10.0 Å². The third-order valence-corrected chi connectivity index (χ3v) is 5.44. The number of carbonyl (C=O) groups is 2. The van der Waals surface area contributed by atoms with E-state index in [9.17, 15) is 9.59 Å². The molecule has 7 heteroatoms. The van der Waals surface area contributed by atoms with E-state index in [0.29, 0.717) is 6.42 Å². The Hall–Kier alpha value is -2.34. The minimum absolute atomic E-state index is 0.137. The summed E-state index contributed by atoms with van der Waals surface area (Å²) >= 11 is 12.2. The van der Waals surface area contributed by atoms with Crippen molar-refractivity contribution in [3.05, 3.63) is 75.3 Å². The highest BCUT2D eigenvalue weighted by Gasteiger charge is 2.25. The van der Waals surface area contributed by atoms with Crippen molar-refractivity contribution >= 4 is 40.7 Å². The van der Waals surface area contributed by atoms with E-state index in [4.69, 9.17) is 27.9 Å². The Morgan fingerprint density at radius 1 is 1.14 bits per heavy atom. The molecule has 0 saturated carbocycles. The molecule has 3 rings (SSSR count). The zero-order valence-electron chi connectivity index (χ0n) is 16.0. The number of halogens is 2. The van der Waals surface area contributed by atoms with Crippen molar-refractivity contribution in [1.29, 1.82) is 0 Å². The summed E-state index contributed by atoms with van der Waals surface area (Å²) in [6.45, 7) is 1.84. The molecule has 0 bridgehead atoms. The number of esters is 1. The standard InChI is InChI=1S/C22H22Cl2N2O3/c1-29-22(28)19(26-21(27)20-17(23)3-2-4-18(20)24)13-14-5-7-15(8-6-14)16-9-11-25-12-10-16/h2-9,19,25H,10-13H2,1H3,(H,26,27). The Balaban J connectivity index is 1.75. The van der Waals surface area contributed by atoms with Crippen molar-refractivity contribution in [2.45, 2.75) is 18.9 Å². The number of methoxy groups -OCH3 is 1. The second kappa shape index (κ2) is 9.92. The second-order valence-corrected chi connectivity index (χ2v) is 7.54. The van der Waals surface area contributed by atoms with Gasteiger partial charge in [0, 0.05) is 13.0 Å². The molecule has 1 aliphatic heterocycles. The molecule has 0 spiro atoms. The van der Waals surface area contributed by atoms with Crippen LogP contribution in [-0.2, 0) is 16.0 Å². The molecule has 0 saturated heterocycles. The smallest absolute Gasteiger partial charge is 0.328 e. The van der Waals surface area contributed by atoms with E-state index in [1.165, 1.54) is 12.7 Å². The highest BCUT2D eigenvalue weighted by Crippen LogP contribution is 2.24. The number of carbonyl (C=O) groups excluding carboxylic acids is 2. The summed E-state index contributed by atoms with van der Waals surface area (Å²) in [4.78, 5) is 24.9. The highest BCUT2D eigenvalue weighted by molar-refractivity contribution is 6.39. The topological polar surface area (TPSA) is 67.4 Å². The van der Waals surface area contributed by atoms with Gasteiger partial charge in [-0.3, -0.25) is 4.79 Å². The van der Waals surface area contributed by atoms with Gasteiger partial charge < -0.3 is 15.4 Å². The van der Waals surface area contributed by atoms with Crippen molar-refractivity contribution in [2.24, 2.45) is 0 Å². The molecular formula is C22H22Cl2N2O3. The Morgan fingerprint density at radius 3 is 2.41 bits per heavy atom. The van der Waals surface area contributed by atoms with E-state index >= 15 is 0 Å². The number of amides is 1. The van der Waals surface area contributed by atoms with Gasteiger partial charge >= 0.3 is 5.97 Å². The molecule has 0 fully saturated rings. The lowest BCUT2D eigenvalue weighted by atomic mass is 9.97. The van der Waals surface area contributed by atoms with Crippen LogP contribution in [0.1, 0.15) is 27.9 Å². The summed E-state index contributed by atoms with van der Waals surface area (Å²) in [5, 5.41) is 6.42. The van der Waals surface area contributed by atoms with E-state index in [1.54, 1.807) is 18.2 Å². The van der Waals surface area contributed by atoms with Gasteiger partial charge in [-0.05, 0) is 41.8 Å². The van der Waals surface area contributed by atoms with Gasteiger partial charge in [0.1, 0.15) is 6.04 Å². The largest absolute Gasteiger partial charge is 0.467 e. The lowest BCUT2D eigenvalue weighted by Crippen LogP contribution is -2.43. The van der Waals surface area contributed by atoms with Gasteiger partial charge in [-0.2, -0.15) is 0 Å². The van der Waals surface area contributed by atoms with E-state index in [-0.39, 0.29) is 15.6 Å². The zero-order valence-corrected chi connectivity index (χ0v) is 17.5. The highest BCUT2D eigenvalue weighted by atomic mass is 35.5. The SMILES string of the molecule is COC(=O)C(Cc1ccc(C2=CCNCC2)cc1)NC(=O)c1c(Cl)cccc1Cl. The Morgan fingerprint density at radius 2 is 1.83 bits per heavy atom. The van der Waals surface area contributed by atoms with Gasteiger partial charge in [0.15, 0.2) is 0 Å². The van der Waals surface area contributed by atoms with E-state index in [0.717, 1.165) is 30.6 Å². The van der Waals surface area contributed by atoms with Crippen molar-refractivity contribution in [3.8, 4) is 0 Å². The first kappa shape index (κ1) is 21.4. The lowest BCUT2D eigenvalue weighted by molar-refractivity contribution is -0.142. The molecule has 29 heavy (non-hydrogen) atoms. The summed E-state index contributed by atoms with van der Waals surface area (Å²) in [6, 6.07) is 11.9. The molecule has 1 amide bonds. The van der Waals surface area contributed by atoms with Crippen LogP contribution in [-0.4, -0.2) is 38.1 Å². The molecule has 2 aromatic carbocycles. The molecule has 5 nitrogen and oxygen atoms in total. The number of rotatable bonds is 6. The average molecular weight is 433 g/mol. The van der Waals surface area contributed by atoms with Gasteiger partial charge in [0.25, 0.3) is 5.91 Å². The fraction of sp³-hybridized carbons (Fsp3) is 0.273. The van der Waals surface area contributed by atoms with Crippen LogP contribution in [0.3, 0.4) is 0 Å². The summed E-state index contributed by atoms with van der Waals surface area (Å²) in [5.74, 6) is -1.06. The van der Waals surface area contributed by atoms with Gasteiger partial charge in [0.2, 0.25) is 0 Å². The Bertz CT molecular complexity index is 906. The van der Waals surface area contributed by atoms with Gasteiger partial charge in [-0.15, -0.1) is 0 Å². The minimum atomic E-state index is -0.858. The molecular weight excluding hydrogens is 411 g/mol. The molecule has 1 aliphatic rings. The minimum Gasteiger partial charge on any atom is -0.467 e. The Kier molecular flexibility index (Phi) is 7.31. The molecule has 0 radical (unpaired) electrons. The molecule has 1 heterocycles. The van der Waals surface area contributed by atoms with Gasteiger partial charge in [-0.25, -0.2) is 4.79 Å². The first-order valence-electron chi connectivity index (χ1n) is 9.31. The second-order valence-electron chi connectivity index (χ2n) is 6.73. The monoisotopic (exact) mass is 432 g/mol. The molecule has 2 N–H and O–H groups in total. The molecule has 1 atom stereocenters. The molecule has 1 unspecified atom stereocenters. The number of benzene rings is 2. The first-order chi connectivity index (χ1) is 14.0. The average Bonchev–Trinajstić information content (AvgIpc) is 2.73. The van der Waals surface area contributed by atoms with E-state index < -0.39 is 17.9 Å². The van der Waals surface area contributed by atoms with E-state index in [1.807, 2.05) is 24.3 Å². The zero-order chi connectivity index (χ0) is 20.8. The summed E-state index contributed by atoms with van der Waals surface area (Å²) < 4.78 is 4.87. The van der Waals surface area contributed by atoms with Crippen LogP contribution in [0.25, 0.3) is 5.57 Å². The maximum atomic E-state index is 12.7. The summed E-state index contributed by atoms with van der Waals surface area (Å²) in [5.41, 5.74) is 3.51. The van der Waals surface area contributed by atoms with Crippen LogP contribution in [0.4, 0.5) is 0 Å². The molecule has 0 aliphatic carbocycles. The molecule has 2 aromatic rings. The van der Waals surface area contributed by atoms with Crippen molar-refractivity contribution < 1.29 is 14.3 Å². The van der Waals surface area contributed by atoms with Crippen LogP contribution in [0, 0.1) is 0 Å². The fourth-order valence-electron chi connectivity index (χ4n) is 3.26. The normalized spacial score (nSPS) is 14.7. The molecule has 0 aromatic heterocycles. The lowest BCUT2D eigenvalue weighted by Gasteiger charge is -2.18. The number of hydrogen-bond acceptors (Lipinski definition) is 4.